The summed E-state index contributed by atoms with van der Waals surface area (Å²) in [5, 5.41) is 4.98. The van der Waals surface area contributed by atoms with Crippen molar-refractivity contribution in [3.05, 3.63) is 12.4 Å². The highest BCUT2D eigenvalue weighted by Gasteiger charge is 2.45. The number of hydrogen-bond donors (Lipinski definition) is 2. The highest BCUT2D eigenvalue weighted by molar-refractivity contribution is 7.99. The van der Waals surface area contributed by atoms with Crippen LogP contribution >= 0.6 is 11.8 Å². The van der Waals surface area contributed by atoms with Gasteiger partial charge in [0.2, 0.25) is 0 Å². The minimum absolute atomic E-state index is 0.337. The summed E-state index contributed by atoms with van der Waals surface area (Å²) in [6.45, 7) is 4.60. The molecule has 1 saturated heterocycles. The molecule has 2 aliphatic rings. The zero-order chi connectivity index (χ0) is 13.1. The molecule has 3 rings (SSSR count). The number of ether oxygens (including phenoxy) is 2. The molecule has 0 bridgehead atoms. The number of imidazole rings is 1. The first-order valence-corrected chi connectivity index (χ1v) is 7.87. The van der Waals surface area contributed by atoms with Gasteiger partial charge in [0, 0.05) is 36.5 Å². The standard InChI is InChI=1S/C13H21N3O2S/c1-2-14-10-3-4-13(17-7-8-18-13)9-11(10)19-12-15-5-6-16-12/h5-6,10-11,14H,2-4,7-9H2,1H3,(H,15,16). The summed E-state index contributed by atoms with van der Waals surface area (Å²) in [6.07, 6.45) is 6.67. The Balaban J connectivity index is 1.70. The van der Waals surface area contributed by atoms with Crippen molar-refractivity contribution in [1.82, 2.24) is 15.3 Å². The van der Waals surface area contributed by atoms with Crippen LogP contribution in [0.5, 0.6) is 0 Å². The van der Waals surface area contributed by atoms with Crippen LogP contribution in [0.4, 0.5) is 0 Å². The molecular formula is C13H21N3O2S. The molecular weight excluding hydrogens is 262 g/mol. The van der Waals surface area contributed by atoms with Gasteiger partial charge in [-0.1, -0.05) is 18.7 Å². The molecule has 1 aromatic rings. The van der Waals surface area contributed by atoms with E-state index in [4.69, 9.17) is 9.47 Å². The molecule has 2 heterocycles. The second kappa shape index (κ2) is 5.83. The van der Waals surface area contributed by atoms with Crippen LogP contribution in [0.15, 0.2) is 17.6 Å². The van der Waals surface area contributed by atoms with E-state index in [0.29, 0.717) is 11.3 Å². The van der Waals surface area contributed by atoms with Crippen LogP contribution in [0.1, 0.15) is 26.2 Å². The van der Waals surface area contributed by atoms with Crippen molar-refractivity contribution in [3.8, 4) is 0 Å². The van der Waals surface area contributed by atoms with E-state index in [1.54, 1.807) is 18.0 Å². The third kappa shape index (κ3) is 2.97. The quantitative estimate of drug-likeness (QED) is 0.882. The van der Waals surface area contributed by atoms with E-state index in [9.17, 15) is 0 Å². The molecule has 2 N–H and O–H groups in total. The van der Waals surface area contributed by atoms with Gasteiger partial charge in [-0.2, -0.15) is 0 Å². The molecule has 0 radical (unpaired) electrons. The first kappa shape index (κ1) is 13.4. The Hall–Kier alpha value is -0.560. The number of hydrogen-bond acceptors (Lipinski definition) is 5. The summed E-state index contributed by atoms with van der Waals surface area (Å²) in [6, 6.07) is 0.499. The largest absolute Gasteiger partial charge is 0.347 e. The van der Waals surface area contributed by atoms with Crippen LogP contribution in [0.3, 0.4) is 0 Å². The van der Waals surface area contributed by atoms with Crippen LogP contribution in [-0.4, -0.2) is 46.8 Å². The molecule has 0 aromatic carbocycles. The van der Waals surface area contributed by atoms with E-state index in [-0.39, 0.29) is 5.79 Å². The van der Waals surface area contributed by atoms with Crippen molar-refractivity contribution in [2.24, 2.45) is 0 Å². The molecule has 1 saturated carbocycles. The number of thioether (sulfide) groups is 1. The van der Waals surface area contributed by atoms with E-state index < -0.39 is 0 Å². The molecule has 6 heteroatoms. The lowest BCUT2D eigenvalue weighted by atomic mass is 9.89. The van der Waals surface area contributed by atoms with Gasteiger partial charge in [-0.3, -0.25) is 0 Å². The van der Waals surface area contributed by atoms with Gasteiger partial charge in [0.15, 0.2) is 10.9 Å². The second-order valence-electron chi connectivity index (χ2n) is 5.07. The summed E-state index contributed by atoms with van der Waals surface area (Å²) in [5.74, 6) is -0.337. The van der Waals surface area contributed by atoms with Gasteiger partial charge in [-0.05, 0) is 13.0 Å². The summed E-state index contributed by atoms with van der Waals surface area (Å²) in [4.78, 5) is 7.49. The molecule has 1 aliphatic heterocycles. The zero-order valence-corrected chi connectivity index (χ0v) is 12.0. The zero-order valence-electron chi connectivity index (χ0n) is 11.2. The second-order valence-corrected chi connectivity index (χ2v) is 6.29. The molecule has 2 fully saturated rings. The maximum Gasteiger partial charge on any atom is 0.169 e. The number of nitrogens with one attached hydrogen (secondary N) is 2. The number of aromatic amines is 1. The molecule has 0 amide bonds. The van der Waals surface area contributed by atoms with E-state index in [0.717, 1.165) is 44.2 Å². The van der Waals surface area contributed by atoms with Crippen LogP contribution in [-0.2, 0) is 9.47 Å². The van der Waals surface area contributed by atoms with E-state index in [1.807, 2.05) is 6.20 Å². The van der Waals surface area contributed by atoms with Crippen molar-refractivity contribution in [3.63, 3.8) is 0 Å². The maximum atomic E-state index is 5.86. The average molecular weight is 283 g/mol. The van der Waals surface area contributed by atoms with Crippen LogP contribution < -0.4 is 5.32 Å². The van der Waals surface area contributed by atoms with Crippen molar-refractivity contribution >= 4 is 11.8 Å². The fraction of sp³-hybridized carbons (Fsp3) is 0.769. The molecule has 1 aromatic heterocycles. The van der Waals surface area contributed by atoms with Gasteiger partial charge in [-0.25, -0.2) is 4.98 Å². The molecule has 1 aliphatic carbocycles. The lowest BCUT2D eigenvalue weighted by Gasteiger charge is -2.40. The Bertz CT molecular complexity index is 393. The van der Waals surface area contributed by atoms with E-state index in [1.165, 1.54) is 0 Å². The summed E-state index contributed by atoms with van der Waals surface area (Å²) < 4.78 is 11.7. The Morgan fingerprint density at radius 3 is 3.05 bits per heavy atom. The smallest absolute Gasteiger partial charge is 0.169 e. The van der Waals surface area contributed by atoms with Crippen molar-refractivity contribution in [2.45, 2.75) is 48.4 Å². The van der Waals surface area contributed by atoms with Crippen molar-refractivity contribution < 1.29 is 9.47 Å². The lowest BCUT2D eigenvalue weighted by Crippen LogP contribution is -2.49. The number of nitrogens with zero attached hydrogens (tertiary/aromatic N) is 1. The molecule has 2 atom stereocenters. The fourth-order valence-corrected chi connectivity index (χ4v) is 4.23. The van der Waals surface area contributed by atoms with Gasteiger partial charge >= 0.3 is 0 Å². The third-order valence-corrected chi connectivity index (χ3v) is 5.06. The number of aromatic nitrogens is 2. The molecule has 2 unspecified atom stereocenters. The van der Waals surface area contributed by atoms with Gasteiger partial charge in [-0.15, -0.1) is 0 Å². The summed E-state index contributed by atoms with van der Waals surface area (Å²) in [5.41, 5.74) is 0. The van der Waals surface area contributed by atoms with Crippen LogP contribution in [0.2, 0.25) is 0 Å². The van der Waals surface area contributed by atoms with Crippen LogP contribution in [0.25, 0.3) is 0 Å². The molecule has 5 nitrogen and oxygen atoms in total. The highest BCUT2D eigenvalue weighted by Crippen LogP contribution is 2.41. The number of rotatable bonds is 4. The molecule has 106 valence electrons. The predicted octanol–water partition coefficient (Wildman–Crippen LogP) is 1.78. The topological polar surface area (TPSA) is 59.2 Å². The summed E-state index contributed by atoms with van der Waals surface area (Å²) in [7, 11) is 0. The van der Waals surface area contributed by atoms with Gasteiger partial charge < -0.3 is 19.8 Å². The highest BCUT2D eigenvalue weighted by atomic mass is 32.2. The first-order chi connectivity index (χ1) is 9.31. The maximum absolute atomic E-state index is 5.86. The van der Waals surface area contributed by atoms with Crippen molar-refractivity contribution in [2.75, 3.05) is 19.8 Å². The van der Waals surface area contributed by atoms with E-state index in [2.05, 4.69) is 22.2 Å². The van der Waals surface area contributed by atoms with Gasteiger partial charge in [0.25, 0.3) is 0 Å². The van der Waals surface area contributed by atoms with Crippen LogP contribution in [0, 0.1) is 0 Å². The average Bonchev–Trinajstić information content (AvgIpc) is 3.06. The molecule has 1 spiro atoms. The predicted molar refractivity (Wildman–Crippen MR) is 74.2 cm³/mol. The Labute approximate surface area is 117 Å². The normalized spacial score (nSPS) is 29.9. The van der Waals surface area contributed by atoms with E-state index >= 15 is 0 Å². The lowest BCUT2D eigenvalue weighted by molar-refractivity contribution is -0.178. The minimum Gasteiger partial charge on any atom is -0.347 e. The SMILES string of the molecule is CCNC1CCC2(CC1Sc1ncc[nH]1)OCCO2. The fourth-order valence-electron chi connectivity index (χ4n) is 2.95. The summed E-state index contributed by atoms with van der Waals surface area (Å²) >= 11 is 1.79. The molecule has 19 heavy (non-hydrogen) atoms. The monoisotopic (exact) mass is 283 g/mol. The first-order valence-electron chi connectivity index (χ1n) is 6.99. The minimum atomic E-state index is -0.337. The Morgan fingerprint density at radius 2 is 2.37 bits per heavy atom. The van der Waals surface area contributed by atoms with Crippen molar-refractivity contribution in [1.29, 1.82) is 0 Å². The van der Waals surface area contributed by atoms with Gasteiger partial charge in [0.1, 0.15) is 0 Å². The Kier molecular flexibility index (Phi) is 4.12. The van der Waals surface area contributed by atoms with Gasteiger partial charge in [0.05, 0.1) is 13.2 Å². The third-order valence-electron chi connectivity index (χ3n) is 3.81. The number of H-pyrrole nitrogens is 1. The Morgan fingerprint density at radius 1 is 1.53 bits per heavy atom.